The summed E-state index contributed by atoms with van der Waals surface area (Å²) in [7, 11) is 0. The molecule has 2 aliphatic heterocycles. The zero-order chi connectivity index (χ0) is 17.0. The van der Waals surface area contributed by atoms with Crippen LogP contribution in [0.25, 0.3) is 0 Å². The maximum Gasteiger partial charge on any atom is 0.238 e. The van der Waals surface area contributed by atoms with Crippen LogP contribution in [0.2, 0.25) is 0 Å². The van der Waals surface area contributed by atoms with Crippen molar-refractivity contribution in [1.29, 1.82) is 0 Å². The maximum absolute atomic E-state index is 12.8. The third kappa shape index (κ3) is 3.34. The minimum atomic E-state index is -0.148. The van der Waals surface area contributed by atoms with Crippen molar-refractivity contribution in [3.63, 3.8) is 0 Å². The van der Waals surface area contributed by atoms with E-state index in [9.17, 15) is 4.79 Å². The molecule has 0 bridgehead atoms. The van der Waals surface area contributed by atoms with Gasteiger partial charge in [-0.3, -0.25) is 10.2 Å². The smallest absolute Gasteiger partial charge is 0.238 e. The number of carbonyl (C=O) groups excluding carboxylic acids is 1. The number of piperidine rings is 1. The van der Waals surface area contributed by atoms with Gasteiger partial charge in [-0.15, -0.1) is 0 Å². The van der Waals surface area contributed by atoms with Gasteiger partial charge in [0.25, 0.3) is 0 Å². The van der Waals surface area contributed by atoms with Crippen LogP contribution < -0.4 is 21.5 Å². The van der Waals surface area contributed by atoms with E-state index < -0.39 is 0 Å². The molecule has 0 saturated carbocycles. The van der Waals surface area contributed by atoms with E-state index in [0.717, 1.165) is 32.4 Å². The van der Waals surface area contributed by atoms with Crippen LogP contribution in [0.15, 0.2) is 30.3 Å². The van der Waals surface area contributed by atoms with Crippen LogP contribution in [-0.4, -0.2) is 37.6 Å². The monoisotopic (exact) mass is 330 g/mol. The quantitative estimate of drug-likeness (QED) is 0.635. The molecule has 24 heavy (non-hydrogen) atoms. The van der Waals surface area contributed by atoms with Crippen LogP contribution in [-0.2, 0) is 10.2 Å². The summed E-state index contributed by atoms with van der Waals surface area (Å²) in [6, 6.07) is 10.8. The molecule has 2 fully saturated rings. The number of fused-ring (bicyclic) bond motifs is 1. The highest BCUT2D eigenvalue weighted by Gasteiger charge is 2.41. The lowest BCUT2D eigenvalue weighted by atomic mass is 9.75. The molecule has 3 unspecified atom stereocenters. The molecule has 1 aromatic rings. The molecule has 0 spiro atoms. The summed E-state index contributed by atoms with van der Waals surface area (Å²) in [6.45, 7) is 7.02. The average molecular weight is 330 g/mol. The highest BCUT2D eigenvalue weighted by Crippen LogP contribution is 2.31. The number of nitrogens with one attached hydrogen (secondary N) is 4. The lowest BCUT2D eigenvalue weighted by Crippen LogP contribution is -2.51. The Hall–Kier alpha value is -1.43. The van der Waals surface area contributed by atoms with Gasteiger partial charge >= 0.3 is 0 Å². The second-order valence-electron chi connectivity index (χ2n) is 7.10. The van der Waals surface area contributed by atoms with Crippen molar-refractivity contribution in [3.05, 3.63) is 35.9 Å². The predicted octanol–water partition coefficient (Wildman–Crippen LogP) is 1.32. The fourth-order valence-electron chi connectivity index (χ4n) is 4.14. The van der Waals surface area contributed by atoms with Crippen molar-refractivity contribution in [2.24, 2.45) is 5.92 Å². The molecule has 1 aromatic carbocycles. The zero-order valence-corrected chi connectivity index (χ0v) is 14.8. The normalized spacial score (nSPS) is 26.8. The molecule has 3 rings (SSSR count). The Morgan fingerprint density at radius 1 is 1.21 bits per heavy atom. The van der Waals surface area contributed by atoms with Crippen molar-refractivity contribution >= 4 is 5.91 Å². The summed E-state index contributed by atoms with van der Waals surface area (Å²) in [5.74, 6) is 0.439. The van der Waals surface area contributed by atoms with Crippen molar-refractivity contribution in [2.45, 2.75) is 50.6 Å². The lowest BCUT2D eigenvalue weighted by Gasteiger charge is -2.34. The molecule has 132 valence electrons. The van der Waals surface area contributed by atoms with E-state index in [1.165, 1.54) is 5.56 Å². The van der Waals surface area contributed by atoms with Crippen LogP contribution >= 0.6 is 0 Å². The van der Waals surface area contributed by atoms with E-state index in [2.05, 4.69) is 59.6 Å². The minimum absolute atomic E-state index is 0.00711. The first-order chi connectivity index (χ1) is 11.7. The number of amides is 1. The van der Waals surface area contributed by atoms with Crippen molar-refractivity contribution in [2.75, 3.05) is 19.6 Å². The molecule has 4 N–H and O–H groups in total. The summed E-state index contributed by atoms with van der Waals surface area (Å²) in [4.78, 5) is 12.8. The SMILES string of the molecule is CCC(CC)(CNC(=O)C1NNC2CCNCC21)c1ccccc1. The van der Waals surface area contributed by atoms with E-state index in [-0.39, 0.29) is 17.4 Å². The standard InChI is InChI=1S/C19H30N4O/c1-3-19(4-2,14-8-6-5-7-9-14)13-21-18(24)17-15-12-20-11-10-16(15)22-23-17/h5-9,15-17,20,22-23H,3-4,10-13H2,1-2H3,(H,21,24). The van der Waals surface area contributed by atoms with Gasteiger partial charge < -0.3 is 10.6 Å². The van der Waals surface area contributed by atoms with Gasteiger partial charge in [0, 0.05) is 30.5 Å². The van der Waals surface area contributed by atoms with Gasteiger partial charge in [0.2, 0.25) is 5.91 Å². The van der Waals surface area contributed by atoms with Crippen LogP contribution in [0.3, 0.4) is 0 Å². The fraction of sp³-hybridized carbons (Fsp3) is 0.632. The summed E-state index contributed by atoms with van der Waals surface area (Å²) >= 11 is 0. The first-order valence-electron chi connectivity index (χ1n) is 9.25. The summed E-state index contributed by atoms with van der Waals surface area (Å²) in [5, 5.41) is 6.63. The Morgan fingerprint density at radius 3 is 2.67 bits per heavy atom. The van der Waals surface area contributed by atoms with E-state index >= 15 is 0 Å². The number of hydrogen-bond donors (Lipinski definition) is 4. The summed E-state index contributed by atoms with van der Waals surface area (Å²) in [6.07, 6.45) is 3.09. The fourth-order valence-corrected chi connectivity index (χ4v) is 4.14. The van der Waals surface area contributed by atoms with Crippen LogP contribution in [0.5, 0.6) is 0 Å². The Morgan fingerprint density at radius 2 is 1.96 bits per heavy atom. The predicted molar refractivity (Wildman–Crippen MR) is 96.5 cm³/mol. The number of benzene rings is 1. The molecular formula is C19H30N4O. The first-order valence-corrected chi connectivity index (χ1v) is 9.25. The Balaban J connectivity index is 1.65. The highest BCUT2D eigenvalue weighted by atomic mass is 16.2. The third-order valence-electron chi connectivity index (χ3n) is 6.00. The molecular weight excluding hydrogens is 300 g/mol. The van der Waals surface area contributed by atoms with Crippen molar-refractivity contribution in [1.82, 2.24) is 21.5 Å². The maximum atomic E-state index is 12.8. The Labute approximate surface area is 144 Å². The molecule has 0 radical (unpaired) electrons. The molecule has 5 heteroatoms. The second-order valence-corrected chi connectivity index (χ2v) is 7.10. The van der Waals surface area contributed by atoms with Gasteiger partial charge in [0.05, 0.1) is 0 Å². The van der Waals surface area contributed by atoms with E-state index in [1.807, 2.05) is 6.07 Å². The number of carbonyl (C=O) groups is 1. The zero-order valence-electron chi connectivity index (χ0n) is 14.8. The van der Waals surface area contributed by atoms with Crippen molar-refractivity contribution < 1.29 is 4.79 Å². The third-order valence-corrected chi connectivity index (χ3v) is 6.00. The molecule has 0 aliphatic carbocycles. The van der Waals surface area contributed by atoms with E-state index in [4.69, 9.17) is 0 Å². The Kier molecular flexibility index (Phi) is 5.54. The van der Waals surface area contributed by atoms with Gasteiger partial charge in [-0.25, -0.2) is 5.43 Å². The van der Waals surface area contributed by atoms with E-state index in [1.54, 1.807) is 0 Å². The molecule has 0 aromatic heterocycles. The minimum Gasteiger partial charge on any atom is -0.354 e. The lowest BCUT2D eigenvalue weighted by molar-refractivity contribution is -0.124. The van der Waals surface area contributed by atoms with Crippen LogP contribution in [0.1, 0.15) is 38.7 Å². The number of hydrazine groups is 1. The number of hydrogen-bond acceptors (Lipinski definition) is 4. The largest absolute Gasteiger partial charge is 0.354 e. The molecule has 2 aliphatic rings. The summed E-state index contributed by atoms with van der Waals surface area (Å²) < 4.78 is 0. The van der Waals surface area contributed by atoms with Crippen LogP contribution in [0, 0.1) is 5.92 Å². The van der Waals surface area contributed by atoms with E-state index in [0.29, 0.717) is 18.5 Å². The van der Waals surface area contributed by atoms with Gasteiger partial charge in [0.1, 0.15) is 6.04 Å². The van der Waals surface area contributed by atoms with Gasteiger partial charge in [-0.1, -0.05) is 44.2 Å². The van der Waals surface area contributed by atoms with Gasteiger partial charge in [-0.2, -0.15) is 0 Å². The average Bonchev–Trinajstić information content (AvgIpc) is 3.08. The van der Waals surface area contributed by atoms with Gasteiger partial charge in [0.15, 0.2) is 0 Å². The molecule has 1 amide bonds. The Bertz CT molecular complexity index is 544. The number of rotatable bonds is 6. The molecule has 5 nitrogen and oxygen atoms in total. The van der Waals surface area contributed by atoms with Crippen LogP contribution in [0.4, 0.5) is 0 Å². The molecule has 2 heterocycles. The topological polar surface area (TPSA) is 65.2 Å². The molecule has 2 saturated heterocycles. The second kappa shape index (κ2) is 7.64. The molecule has 3 atom stereocenters. The summed E-state index contributed by atoms with van der Waals surface area (Å²) in [5.41, 5.74) is 7.82. The first kappa shape index (κ1) is 17.4. The highest BCUT2D eigenvalue weighted by molar-refractivity contribution is 5.82. The van der Waals surface area contributed by atoms with Gasteiger partial charge in [-0.05, 0) is 31.4 Å². The van der Waals surface area contributed by atoms with Crippen molar-refractivity contribution in [3.8, 4) is 0 Å².